The van der Waals surface area contributed by atoms with E-state index in [1.807, 2.05) is 0 Å². The van der Waals surface area contributed by atoms with Crippen LogP contribution in [0.5, 0.6) is 11.6 Å². The summed E-state index contributed by atoms with van der Waals surface area (Å²) in [5.41, 5.74) is -0.697. The predicted molar refractivity (Wildman–Crippen MR) is 95.5 cm³/mol. The monoisotopic (exact) mass is 356 g/mol. The number of methoxy groups -OCH3 is 1. The summed E-state index contributed by atoms with van der Waals surface area (Å²) in [6.45, 7) is 1.61. The number of amides is 1. The average molecular weight is 356 g/mol. The molecule has 0 radical (unpaired) electrons. The van der Waals surface area contributed by atoms with Crippen LogP contribution in [0.2, 0.25) is 0 Å². The Morgan fingerprint density at radius 3 is 2.46 bits per heavy atom. The second-order valence-corrected chi connectivity index (χ2v) is 5.61. The number of carbonyl (C=O) groups is 1. The number of aromatic hydroxyl groups is 1. The van der Waals surface area contributed by atoms with Gasteiger partial charge in [-0.15, -0.1) is 0 Å². The number of nitrogens with one attached hydrogen (secondary N) is 1. The first-order valence-electron chi connectivity index (χ1n) is 7.61. The summed E-state index contributed by atoms with van der Waals surface area (Å²) in [5.74, 6) is -0.353. The summed E-state index contributed by atoms with van der Waals surface area (Å²) in [4.78, 5) is 38.2. The molecule has 1 aromatic heterocycles. The van der Waals surface area contributed by atoms with Crippen molar-refractivity contribution in [2.45, 2.75) is 6.92 Å². The number of aromatic nitrogens is 2. The summed E-state index contributed by atoms with van der Waals surface area (Å²) in [7, 11) is 2.84. The van der Waals surface area contributed by atoms with Crippen molar-refractivity contribution in [2.75, 3.05) is 12.1 Å². The van der Waals surface area contributed by atoms with E-state index < -0.39 is 23.0 Å². The summed E-state index contributed by atoms with van der Waals surface area (Å²) in [5, 5.41) is 15.4. The van der Waals surface area contributed by atoms with Gasteiger partial charge in [0, 0.05) is 7.05 Å². The molecule has 1 aliphatic rings. The van der Waals surface area contributed by atoms with Gasteiger partial charge in [-0.3, -0.25) is 19.1 Å². The lowest BCUT2D eigenvalue weighted by Gasteiger charge is -2.12. The van der Waals surface area contributed by atoms with Crippen LogP contribution in [-0.2, 0) is 11.8 Å². The Morgan fingerprint density at radius 1 is 1.19 bits per heavy atom. The Balaban J connectivity index is 2.03. The van der Waals surface area contributed by atoms with Gasteiger partial charge in [-0.2, -0.15) is 10.1 Å². The molecule has 9 heteroatoms. The Hall–Kier alpha value is -3.62. The van der Waals surface area contributed by atoms with Gasteiger partial charge in [0.2, 0.25) is 5.88 Å². The van der Waals surface area contributed by atoms with Gasteiger partial charge in [0.1, 0.15) is 11.3 Å². The Morgan fingerprint density at radius 2 is 1.85 bits per heavy atom. The highest BCUT2D eigenvalue weighted by Crippen LogP contribution is 2.27. The number of carbonyl (C=O) groups excluding carboxylic acids is 1. The van der Waals surface area contributed by atoms with Crippen LogP contribution in [0.4, 0.5) is 5.69 Å². The molecule has 3 rings (SSSR count). The zero-order chi connectivity index (χ0) is 19.0. The van der Waals surface area contributed by atoms with Crippen molar-refractivity contribution < 1.29 is 14.6 Å². The smallest absolute Gasteiger partial charge is 0.330 e. The van der Waals surface area contributed by atoms with E-state index in [0.717, 1.165) is 4.57 Å². The molecule has 2 heterocycles. The van der Waals surface area contributed by atoms with Gasteiger partial charge in [0.15, 0.2) is 0 Å². The third-order valence-corrected chi connectivity index (χ3v) is 4.00. The van der Waals surface area contributed by atoms with Crippen LogP contribution in [0.25, 0.3) is 6.08 Å². The molecule has 2 aromatic rings. The maximum absolute atomic E-state index is 12.7. The van der Waals surface area contributed by atoms with Gasteiger partial charge >= 0.3 is 5.69 Å². The zero-order valence-corrected chi connectivity index (χ0v) is 14.3. The molecule has 9 nitrogen and oxygen atoms in total. The first kappa shape index (κ1) is 17.2. The van der Waals surface area contributed by atoms with E-state index in [0.29, 0.717) is 17.1 Å². The van der Waals surface area contributed by atoms with Gasteiger partial charge < -0.3 is 9.84 Å². The van der Waals surface area contributed by atoms with E-state index in [4.69, 9.17) is 4.74 Å². The van der Waals surface area contributed by atoms with E-state index in [2.05, 4.69) is 10.1 Å². The van der Waals surface area contributed by atoms with Crippen LogP contribution >= 0.6 is 0 Å². The molecule has 0 saturated heterocycles. The fraction of sp³-hybridized carbons (Fsp3) is 0.176. The highest BCUT2D eigenvalue weighted by atomic mass is 16.5. The molecule has 1 amide bonds. The van der Waals surface area contributed by atoms with Crippen molar-refractivity contribution in [1.29, 1.82) is 0 Å². The standard InChI is InChI=1S/C17H16N4O5/c1-9-12(8-13-14(22)18-17(25)20(2)15(13)23)16(24)21(19-9)10-4-6-11(26-3)7-5-10/h4-8,23H,1-3H3,(H,18,22,25)/b12-8-. The molecule has 26 heavy (non-hydrogen) atoms. The number of hydrazone groups is 1. The van der Waals surface area contributed by atoms with Crippen LogP contribution in [0, 0.1) is 0 Å². The lowest BCUT2D eigenvalue weighted by atomic mass is 10.1. The van der Waals surface area contributed by atoms with Crippen LogP contribution in [0.1, 0.15) is 12.5 Å². The quantitative estimate of drug-likeness (QED) is 0.781. The highest BCUT2D eigenvalue weighted by molar-refractivity contribution is 6.32. The van der Waals surface area contributed by atoms with E-state index in [1.54, 1.807) is 31.2 Å². The number of ether oxygens (including phenoxy) is 1. The molecular weight excluding hydrogens is 340 g/mol. The Bertz CT molecular complexity index is 1060. The van der Waals surface area contributed by atoms with Crippen molar-refractivity contribution >= 4 is 23.4 Å². The minimum absolute atomic E-state index is 0.139. The minimum Gasteiger partial charge on any atom is -0.497 e. The van der Waals surface area contributed by atoms with E-state index in [1.165, 1.54) is 25.2 Å². The fourth-order valence-electron chi connectivity index (χ4n) is 2.48. The average Bonchev–Trinajstić information content (AvgIpc) is 2.91. The van der Waals surface area contributed by atoms with Crippen LogP contribution < -0.4 is 21.0 Å². The lowest BCUT2D eigenvalue weighted by Crippen LogP contribution is -2.30. The number of aromatic amines is 1. The van der Waals surface area contributed by atoms with Crippen molar-refractivity contribution in [3.63, 3.8) is 0 Å². The summed E-state index contributed by atoms with van der Waals surface area (Å²) < 4.78 is 5.96. The SMILES string of the molecule is COc1ccc(N2N=C(C)/C(=C/c3c(O)n(C)c(=O)[nH]c3=O)C2=O)cc1. The second kappa shape index (κ2) is 6.36. The van der Waals surface area contributed by atoms with Gasteiger partial charge in [-0.05, 0) is 37.3 Å². The van der Waals surface area contributed by atoms with Gasteiger partial charge in [-0.1, -0.05) is 0 Å². The molecule has 0 atom stereocenters. The number of hydrogen-bond donors (Lipinski definition) is 2. The van der Waals surface area contributed by atoms with Crippen LogP contribution in [-0.4, -0.2) is 33.4 Å². The summed E-state index contributed by atoms with van der Waals surface area (Å²) in [6.07, 6.45) is 1.22. The molecule has 0 aliphatic carbocycles. The van der Waals surface area contributed by atoms with Gasteiger partial charge in [0.25, 0.3) is 11.5 Å². The number of H-pyrrole nitrogens is 1. The minimum atomic E-state index is -0.790. The number of nitrogens with zero attached hydrogens (tertiary/aromatic N) is 3. The maximum atomic E-state index is 12.7. The van der Waals surface area contributed by atoms with E-state index >= 15 is 0 Å². The molecule has 0 saturated carbocycles. The molecule has 2 N–H and O–H groups in total. The maximum Gasteiger partial charge on any atom is 0.330 e. The molecule has 1 aliphatic heterocycles. The van der Waals surface area contributed by atoms with E-state index in [9.17, 15) is 19.5 Å². The summed E-state index contributed by atoms with van der Waals surface area (Å²) >= 11 is 0. The first-order valence-corrected chi connectivity index (χ1v) is 7.61. The second-order valence-electron chi connectivity index (χ2n) is 5.61. The molecule has 1 aromatic carbocycles. The van der Waals surface area contributed by atoms with Gasteiger partial charge in [-0.25, -0.2) is 4.79 Å². The van der Waals surface area contributed by atoms with Crippen molar-refractivity contribution in [3.05, 3.63) is 56.2 Å². The normalized spacial score (nSPS) is 15.5. The zero-order valence-electron chi connectivity index (χ0n) is 14.3. The van der Waals surface area contributed by atoms with Gasteiger partial charge in [0.05, 0.1) is 24.1 Å². The highest BCUT2D eigenvalue weighted by Gasteiger charge is 2.29. The lowest BCUT2D eigenvalue weighted by molar-refractivity contribution is -0.114. The number of rotatable bonds is 3. The molecular formula is C17H16N4O5. The Labute approximate surface area is 147 Å². The molecule has 0 unspecified atom stereocenters. The predicted octanol–water partition coefficient (Wildman–Crippen LogP) is 0.594. The van der Waals surface area contributed by atoms with Crippen LogP contribution in [0.3, 0.4) is 0 Å². The fourth-order valence-corrected chi connectivity index (χ4v) is 2.48. The van der Waals surface area contributed by atoms with Crippen LogP contribution in [0.15, 0.2) is 44.5 Å². The molecule has 134 valence electrons. The number of hydrogen-bond acceptors (Lipinski definition) is 6. The molecule has 0 bridgehead atoms. The summed E-state index contributed by atoms with van der Waals surface area (Å²) in [6, 6.07) is 6.73. The third-order valence-electron chi connectivity index (χ3n) is 4.00. The molecule has 0 spiro atoms. The van der Waals surface area contributed by atoms with E-state index in [-0.39, 0.29) is 11.1 Å². The van der Waals surface area contributed by atoms with Crippen molar-refractivity contribution in [1.82, 2.24) is 9.55 Å². The third kappa shape index (κ3) is 2.79. The first-order chi connectivity index (χ1) is 12.3. The Kier molecular flexibility index (Phi) is 4.21. The van der Waals surface area contributed by atoms with Crippen molar-refractivity contribution in [3.8, 4) is 11.6 Å². The largest absolute Gasteiger partial charge is 0.497 e. The number of benzene rings is 1. The topological polar surface area (TPSA) is 117 Å². The number of anilines is 1. The van der Waals surface area contributed by atoms with Crippen molar-refractivity contribution in [2.24, 2.45) is 12.1 Å². The molecule has 0 fully saturated rings.